The summed E-state index contributed by atoms with van der Waals surface area (Å²) in [6, 6.07) is 5.82. The van der Waals surface area contributed by atoms with Crippen LogP contribution in [0.1, 0.15) is 70.4 Å². The Bertz CT molecular complexity index is 783. The van der Waals surface area contributed by atoms with Gasteiger partial charge in [-0.1, -0.05) is 19.9 Å². The van der Waals surface area contributed by atoms with E-state index in [1.165, 1.54) is 19.4 Å². The molecule has 28 heavy (non-hydrogen) atoms. The van der Waals surface area contributed by atoms with E-state index in [9.17, 15) is 14.4 Å². The van der Waals surface area contributed by atoms with Crippen molar-refractivity contribution in [2.75, 3.05) is 6.61 Å². The number of benzene rings is 1. The lowest BCUT2D eigenvalue weighted by molar-refractivity contribution is -0.145. The highest BCUT2D eigenvalue weighted by atomic mass is 16.5. The van der Waals surface area contributed by atoms with Crippen LogP contribution >= 0.6 is 0 Å². The monoisotopic (exact) mass is 386 g/mol. The molecule has 0 spiro atoms. The van der Waals surface area contributed by atoms with Gasteiger partial charge in [-0.25, -0.2) is 0 Å². The molecule has 0 bridgehead atoms. The van der Waals surface area contributed by atoms with Crippen LogP contribution in [-0.2, 0) is 25.5 Å². The normalized spacial score (nSPS) is 29.3. The van der Waals surface area contributed by atoms with Crippen LogP contribution in [0.3, 0.4) is 0 Å². The van der Waals surface area contributed by atoms with Gasteiger partial charge >= 0.3 is 11.9 Å². The van der Waals surface area contributed by atoms with Gasteiger partial charge in [0.25, 0.3) is 0 Å². The summed E-state index contributed by atoms with van der Waals surface area (Å²) in [5, 5.41) is 0. The zero-order valence-corrected chi connectivity index (χ0v) is 17.2. The predicted molar refractivity (Wildman–Crippen MR) is 105 cm³/mol. The molecule has 0 saturated heterocycles. The molecule has 2 saturated carbocycles. The van der Waals surface area contributed by atoms with Gasteiger partial charge in [-0.05, 0) is 60.8 Å². The van der Waals surface area contributed by atoms with E-state index in [0.717, 1.165) is 31.2 Å². The molecule has 152 valence electrons. The number of hydrogen-bond acceptors (Lipinski definition) is 5. The molecule has 0 aromatic heterocycles. The first-order valence-electron chi connectivity index (χ1n) is 10.2. The summed E-state index contributed by atoms with van der Waals surface area (Å²) in [5.74, 6) is 0.877. The van der Waals surface area contributed by atoms with E-state index < -0.39 is 0 Å². The van der Waals surface area contributed by atoms with Crippen molar-refractivity contribution in [1.82, 2.24) is 0 Å². The van der Waals surface area contributed by atoms with Gasteiger partial charge in [0, 0.05) is 31.6 Å². The quantitative estimate of drug-likeness (QED) is 0.560. The van der Waals surface area contributed by atoms with Crippen molar-refractivity contribution in [1.29, 1.82) is 0 Å². The minimum atomic E-state index is -0.333. The zero-order chi connectivity index (χ0) is 20.5. The molecule has 2 aliphatic carbocycles. The van der Waals surface area contributed by atoms with Gasteiger partial charge in [0.15, 0.2) is 0 Å². The number of ether oxygens (including phenoxy) is 2. The SMILES string of the molecule is CCc1cc(OC(C)=O)ccc1C1CCC2(C)C(=O)CCC2C1COC(C)=O. The van der Waals surface area contributed by atoms with Crippen LogP contribution in [-0.4, -0.2) is 24.3 Å². The number of carbonyl (C=O) groups is 3. The Morgan fingerprint density at radius 2 is 1.93 bits per heavy atom. The fraction of sp³-hybridized carbons (Fsp3) is 0.609. The third kappa shape index (κ3) is 3.85. The maximum Gasteiger partial charge on any atom is 0.308 e. The van der Waals surface area contributed by atoms with Gasteiger partial charge in [-0.2, -0.15) is 0 Å². The lowest BCUT2D eigenvalue weighted by Gasteiger charge is -2.45. The molecule has 0 heterocycles. The highest BCUT2D eigenvalue weighted by Gasteiger charge is 2.54. The molecular weight excluding hydrogens is 356 g/mol. The van der Waals surface area contributed by atoms with Crippen LogP contribution in [0.25, 0.3) is 0 Å². The smallest absolute Gasteiger partial charge is 0.308 e. The Labute approximate surface area is 166 Å². The number of carbonyl (C=O) groups excluding carboxylic acids is 3. The lowest BCUT2D eigenvalue weighted by atomic mass is 9.58. The Balaban J connectivity index is 1.95. The number of rotatable bonds is 5. The van der Waals surface area contributed by atoms with Crippen LogP contribution in [0, 0.1) is 17.3 Å². The summed E-state index contributed by atoms with van der Waals surface area (Å²) in [4.78, 5) is 35.4. The van der Waals surface area contributed by atoms with Gasteiger partial charge in [-0.15, -0.1) is 0 Å². The van der Waals surface area contributed by atoms with Crippen LogP contribution in [0.15, 0.2) is 18.2 Å². The molecule has 1 aromatic carbocycles. The summed E-state index contributed by atoms with van der Waals surface area (Å²) in [5.41, 5.74) is 2.06. The van der Waals surface area contributed by atoms with Gasteiger partial charge in [0.2, 0.25) is 0 Å². The van der Waals surface area contributed by atoms with Gasteiger partial charge in [0.1, 0.15) is 11.5 Å². The second-order valence-electron chi connectivity index (χ2n) is 8.41. The fourth-order valence-electron chi connectivity index (χ4n) is 5.37. The van der Waals surface area contributed by atoms with Crippen molar-refractivity contribution in [3.63, 3.8) is 0 Å². The Hall–Kier alpha value is -2.17. The van der Waals surface area contributed by atoms with Crippen molar-refractivity contribution in [3.05, 3.63) is 29.3 Å². The molecule has 0 radical (unpaired) electrons. The summed E-state index contributed by atoms with van der Waals surface area (Å²) < 4.78 is 10.7. The second-order valence-corrected chi connectivity index (χ2v) is 8.41. The third-order valence-electron chi connectivity index (χ3n) is 6.78. The lowest BCUT2D eigenvalue weighted by Crippen LogP contribution is -2.43. The number of Topliss-reactive ketones (excluding diaryl/α,β-unsaturated/α-hetero) is 1. The third-order valence-corrected chi connectivity index (χ3v) is 6.78. The standard InChI is InChI=1S/C23H30O5/c1-5-16-12-17(28-15(3)25)6-7-18(16)19-10-11-23(4)21(8-9-22(23)26)20(19)13-27-14(2)24/h6-7,12,19-21H,5,8-11,13H2,1-4H3. The number of aryl methyl sites for hydroxylation is 1. The van der Waals surface area contributed by atoms with E-state index in [0.29, 0.717) is 24.6 Å². The molecule has 4 atom stereocenters. The molecule has 0 aliphatic heterocycles. The molecule has 1 aromatic rings. The molecular formula is C23H30O5. The minimum Gasteiger partial charge on any atom is -0.466 e. The van der Waals surface area contributed by atoms with E-state index in [1.807, 2.05) is 18.2 Å². The summed E-state index contributed by atoms with van der Waals surface area (Å²) in [6.07, 6.45) is 4.07. The first-order chi connectivity index (χ1) is 13.3. The topological polar surface area (TPSA) is 69.7 Å². The average molecular weight is 386 g/mol. The first kappa shape index (κ1) is 20.6. The largest absolute Gasteiger partial charge is 0.466 e. The van der Waals surface area contributed by atoms with E-state index in [4.69, 9.17) is 9.47 Å². The summed E-state index contributed by atoms with van der Waals surface area (Å²) >= 11 is 0. The van der Waals surface area contributed by atoms with Crippen molar-refractivity contribution in [3.8, 4) is 5.75 Å². The summed E-state index contributed by atoms with van der Waals surface area (Å²) in [6.45, 7) is 7.36. The average Bonchev–Trinajstić information content (AvgIpc) is 2.94. The zero-order valence-electron chi connectivity index (χ0n) is 17.2. The Morgan fingerprint density at radius 3 is 2.57 bits per heavy atom. The van der Waals surface area contributed by atoms with Gasteiger partial charge < -0.3 is 9.47 Å². The van der Waals surface area contributed by atoms with Crippen molar-refractivity contribution < 1.29 is 23.9 Å². The number of esters is 2. The maximum absolute atomic E-state index is 12.6. The molecule has 5 heteroatoms. The van der Waals surface area contributed by atoms with Crippen molar-refractivity contribution >= 4 is 17.7 Å². The summed E-state index contributed by atoms with van der Waals surface area (Å²) in [7, 11) is 0. The first-order valence-corrected chi connectivity index (χ1v) is 10.2. The molecule has 2 aliphatic rings. The Kier molecular flexibility index (Phi) is 5.92. The Morgan fingerprint density at radius 1 is 1.18 bits per heavy atom. The molecule has 0 amide bonds. The second kappa shape index (κ2) is 8.06. The van der Waals surface area contributed by atoms with E-state index in [1.54, 1.807) is 0 Å². The highest BCUT2D eigenvalue weighted by molar-refractivity contribution is 5.87. The molecule has 2 fully saturated rings. The highest BCUT2D eigenvalue weighted by Crippen LogP contribution is 2.57. The van der Waals surface area contributed by atoms with E-state index in [2.05, 4.69) is 13.8 Å². The molecule has 3 rings (SSSR count). The molecule has 4 unspecified atom stereocenters. The van der Waals surface area contributed by atoms with Crippen molar-refractivity contribution in [2.24, 2.45) is 17.3 Å². The minimum absolute atomic E-state index is 0.124. The van der Waals surface area contributed by atoms with Gasteiger partial charge in [-0.3, -0.25) is 14.4 Å². The number of fused-ring (bicyclic) bond motifs is 1. The maximum atomic E-state index is 12.6. The van der Waals surface area contributed by atoms with Crippen LogP contribution in [0.2, 0.25) is 0 Å². The van der Waals surface area contributed by atoms with Crippen LogP contribution < -0.4 is 4.74 Å². The van der Waals surface area contributed by atoms with E-state index >= 15 is 0 Å². The van der Waals surface area contributed by atoms with Crippen LogP contribution in [0.4, 0.5) is 0 Å². The van der Waals surface area contributed by atoms with Crippen molar-refractivity contribution in [2.45, 2.75) is 65.7 Å². The molecule has 0 N–H and O–H groups in total. The number of ketones is 1. The molecule has 5 nitrogen and oxygen atoms in total. The predicted octanol–water partition coefficient (Wildman–Crippen LogP) is 4.22. The van der Waals surface area contributed by atoms with E-state index in [-0.39, 0.29) is 35.1 Å². The van der Waals surface area contributed by atoms with Gasteiger partial charge in [0.05, 0.1) is 6.61 Å². The number of hydrogen-bond donors (Lipinski definition) is 0. The fourth-order valence-corrected chi connectivity index (χ4v) is 5.37. The van der Waals surface area contributed by atoms with Crippen LogP contribution in [0.5, 0.6) is 5.75 Å².